The van der Waals surface area contributed by atoms with E-state index in [-0.39, 0.29) is 5.92 Å². The van der Waals surface area contributed by atoms with E-state index >= 15 is 0 Å². The monoisotopic (exact) mass is 180 g/mol. The van der Waals surface area contributed by atoms with Gasteiger partial charge < -0.3 is 4.79 Å². The molecule has 0 aromatic rings. The number of carbonyl (C=O) groups excluding carboxylic acids is 1. The number of rotatable bonds is 3. The molecule has 0 aromatic carbocycles. The van der Waals surface area contributed by atoms with E-state index in [9.17, 15) is 4.79 Å². The van der Waals surface area contributed by atoms with E-state index in [4.69, 9.17) is 0 Å². The molecule has 0 aromatic heterocycles. The van der Waals surface area contributed by atoms with Crippen LogP contribution in [0.15, 0.2) is 11.6 Å². The molecule has 0 amide bonds. The molecule has 0 fully saturated rings. The summed E-state index contributed by atoms with van der Waals surface area (Å²) in [6.07, 6.45) is 6.93. The molecule has 0 spiro atoms. The molecule has 1 rings (SSSR count). The largest absolute Gasteiger partial charge is 0.303 e. The molecule has 0 radical (unpaired) electrons. The average molecular weight is 180 g/mol. The Hall–Kier alpha value is -0.590. The van der Waals surface area contributed by atoms with Crippen LogP contribution < -0.4 is 0 Å². The second-order valence-corrected chi connectivity index (χ2v) is 4.34. The third kappa shape index (κ3) is 2.43. The van der Waals surface area contributed by atoms with Crippen molar-refractivity contribution in [1.29, 1.82) is 0 Å². The molecule has 13 heavy (non-hydrogen) atoms. The Morgan fingerprint density at radius 2 is 2.31 bits per heavy atom. The normalized spacial score (nSPS) is 34.1. The van der Waals surface area contributed by atoms with Crippen molar-refractivity contribution in [2.24, 2.45) is 17.8 Å². The molecule has 0 N–H and O–H groups in total. The predicted molar refractivity (Wildman–Crippen MR) is 55.5 cm³/mol. The fraction of sp³-hybridized carbons (Fsp3) is 0.750. The van der Waals surface area contributed by atoms with Crippen LogP contribution in [0.1, 0.15) is 40.0 Å². The number of carbonyl (C=O) groups is 1. The molecule has 0 saturated carbocycles. The summed E-state index contributed by atoms with van der Waals surface area (Å²) < 4.78 is 0. The maximum Gasteiger partial charge on any atom is 0.123 e. The molecule has 1 nitrogen and oxygen atoms in total. The van der Waals surface area contributed by atoms with Gasteiger partial charge in [-0.3, -0.25) is 0 Å². The minimum Gasteiger partial charge on any atom is -0.303 e. The van der Waals surface area contributed by atoms with Crippen LogP contribution in [0, 0.1) is 17.8 Å². The van der Waals surface area contributed by atoms with E-state index in [0.29, 0.717) is 11.8 Å². The molecule has 0 unspecified atom stereocenters. The van der Waals surface area contributed by atoms with Gasteiger partial charge in [-0.2, -0.15) is 0 Å². The first-order valence-corrected chi connectivity index (χ1v) is 5.31. The second kappa shape index (κ2) is 4.59. The summed E-state index contributed by atoms with van der Waals surface area (Å²) in [4.78, 5) is 10.9. The van der Waals surface area contributed by atoms with Gasteiger partial charge in [0, 0.05) is 5.92 Å². The molecule has 0 bridgehead atoms. The Morgan fingerprint density at radius 3 is 2.85 bits per heavy atom. The second-order valence-electron chi connectivity index (χ2n) is 4.34. The van der Waals surface area contributed by atoms with E-state index in [0.717, 1.165) is 12.7 Å². The van der Waals surface area contributed by atoms with E-state index in [1.807, 2.05) is 0 Å². The van der Waals surface area contributed by atoms with Gasteiger partial charge in [0.05, 0.1) is 0 Å². The first-order valence-electron chi connectivity index (χ1n) is 5.31. The van der Waals surface area contributed by atoms with Crippen molar-refractivity contribution in [2.45, 2.75) is 40.0 Å². The highest BCUT2D eigenvalue weighted by Gasteiger charge is 2.28. The van der Waals surface area contributed by atoms with Gasteiger partial charge in [0.1, 0.15) is 6.29 Å². The zero-order chi connectivity index (χ0) is 9.84. The van der Waals surface area contributed by atoms with Crippen LogP contribution in [0.3, 0.4) is 0 Å². The van der Waals surface area contributed by atoms with Crippen molar-refractivity contribution < 1.29 is 4.79 Å². The van der Waals surface area contributed by atoms with Gasteiger partial charge in [0.25, 0.3) is 0 Å². The van der Waals surface area contributed by atoms with Crippen LogP contribution >= 0.6 is 0 Å². The Labute approximate surface area is 81.2 Å². The van der Waals surface area contributed by atoms with Crippen LogP contribution in [0.4, 0.5) is 0 Å². The average Bonchev–Trinajstić information content (AvgIpc) is 2.04. The zero-order valence-electron chi connectivity index (χ0n) is 8.92. The Bertz CT molecular complexity index is 205. The van der Waals surface area contributed by atoms with Crippen LogP contribution in [0.5, 0.6) is 0 Å². The third-order valence-corrected chi connectivity index (χ3v) is 3.10. The minimum absolute atomic E-state index is 0.267. The topological polar surface area (TPSA) is 17.1 Å². The third-order valence-electron chi connectivity index (χ3n) is 3.10. The SMILES string of the molecule is CCC[C@@H]1CC(C)=C[C@H](C)[C@H]1C=O. The summed E-state index contributed by atoms with van der Waals surface area (Å²) in [6.45, 7) is 6.53. The van der Waals surface area contributed by atoms with E-state index in [2.05, 4.69) is 26.8 Å². The molecule has 74 valence electrons. The summed E-state index contributed by atoms with van der Waals surface area (Å²) in [7, 11) is 0. The maximum atomic E-state index is 10.9. The van der Waals surface area contributed by atoms with Crippen LogP contribution in [0.2, 0.25) is 0 Å². The molecule has 0 aliphatic heterocycles. The lowest BCUT2D eigenvalue weighted by molar-refractivity contribution is -0.113. The Kier molecular flexibility index (Phi) is 3.71. The van der Waals surface area contributed by atoms with E-state index in [1.54, 1.807) is 0 Å². The van der Waals surface area contributed by atoms with E-state index < -0.39 is 0 Å². The van der Waals surface area contributed by atoms with Gasteiger partial charge in [-0.25, -0.2) is 0 Å². The van der Waals surface area contributed by atoms with Crippen molar-refractivity contribution in [3.05, 3.63) is 11.6 Å². The Morgan fingerprint density at radius 1 is 1.62 bits per heavy atom. The summed E-state index contributed by atoms with van der Waals surface area (Å²) in [6, 6.07) is 0. The fourth-order valence-electron chi connectivity index (χ4n) is 2.51. The molecule has 1 aliphatic carbocycles. The summed E-state index contributed by atoms with van der Waals surface area (Å²) >= 11 is 0. The van der Waals surface area contributed by atoms with Gasteiger partial charge in [0.2, 0.25) is 0 Å². The molecular weight excluding hydrogens is 160 g/mol. The van der Waals surface area contributed by atoms with Crippen LogP contribution in [-0.4, -0.2) is 6.29 Å². The minimum atomic E-state index is 0.267. The molecular formula is C12H20O. The molecule has 0 heterocycles. The highest BCUT2D eigenvalue weighted by atomic mass is 16.1. The van der Waals surface area contributed by atoms with Crippen molar-refractivity contribution >= 4 is 6.29 Å². The van der Waals surface area contributed by atoms with Crippen LogP contribution in [0.25, 0.3) is 0 Å². The number of hydrogen-bond acceptors (Lipinski definition) is 1. The van der Waals surface area contributed by atoms with Gasteiger partial charge in [0.15, 0.2) is 0 Å². The maximum absolute atomic E-state index is 10.9. The molecule has 0 saturated heterocycles. The Balaban J connectivity index is 2.72. The smallest absolute Gasteiger partial charge is 0.123 e. The zero-order valence-corrected chi connectivity index (χ0v) is 8.92. The van der Waals surface area contributed by atoms with Crippen LogP contribution in [-0.2, 0) is 4.79 Å². The lowest BCUT2D eigenvalue weighted by Crippen LogP contribution is -2.26. The quantitative estimate of drug-likeness (QED) is 0.481. The summed E-state index contributed by atoms with van der Waals surface area (Å²) in [5.74, 6) is 1.31. The first-order chi connectivity index (χ1) is 6.19. The van der Waals surface area contributed by atoms with Gasteiger partial charge in [-0.15, -0.1) is 0 Å². The van der Waals surface area contributed by atoms with Gasteiger partial charge in [-0.05, 0) is 31.6 Å². The highest BCUT2D eigenvalue weighted by molar-refractivity contribution is 5.56. The highest BCUT2D eigenvalue weighted by Crippen LogP contribution is 2.34. The van der Waals surface area contributed by atoms with Crippen molar-refractivity contribution in [2.75, 3.05) is 0 Å². The number of allylic oxidation sites excluding steroid dienone is 2. The van der Waals surface area contributed by atoms with Crippen molar-refractivity contribution in [1.82, 2.24) is 0 Å². The standard InChI is InChI=1S/C12H20O/c1-4-5-11-7-9(2)6-10(3)12(11)8-13/h6,8,10-12H,4-5,7H2,1-3H3/t10-,11+,12+/m0/s1. The lowest BCUT2D eigenvalue weighted by Gasteiger charge is -2.31. The first kappa shape index (κ1) is 10.5. The molecule has 3 atom stereocenters. The number of hydrogen-bond donors (Lipinski definition) is 0. The summed E-state index contributed by atoms with van der Waals surface area (Å²) in [5, 5.41) is 0. The lowest BCUT2D eigenvalue weighted by atomic mass is 9.73. The predicted octanol–water partition coefficient (Wildman–Crippen LogP) is 3.20. The summed E-state index contributed by atoms with van der Waals surface area (Å²) in [5.41, 5.74) is 1.46. The van der Waals surface area contributed by atoms with Gasteiger partial charge >= 0.3 is 0 Å². The number of aldehydes is 1. The molecule has 1 aliphatic rings. The van der Waals surface area contributed by atoms with Crippen molar-refractivity contribution in [3.63, 3.8) is 0 Å². The fourth-order valence-corrected chi connectivity index (χ4v) is 2.51. The molecule has 1 heteroatoms. The van der Waals surface area contributed by atoms with Gasteiger partial charge in [-0.1, -0.05) is 31.9 Å². The van der Waals surface area contributed by atoms with E-state index in [1.165, 1.54) is 18.4 Å². The van der Waals surface area contributed by atoms with Crippen molar-refractivity contribution in [3.8, 4) is 0 Å².